The Kier molecular flexibility index (Phi) is 5.47. The number of benzene rings is 1. The van der Waals surface area contributed by atoms with Crippen molar-refractivity contribution in [2.24, 2.45) is 0 Å². The van der Waals surface area contributed by atoms with Crippen molar-refractivity contribution in [1.29, 1.82) is 0 Å². The zero-order chi connectivity index (χ0) is 17.7. The number of aromatic nitrogens is 1. The Hall–Kier alpha value is -2.22. The molecule has 7 heteroatoms. The first-order valence-corrected chi connectivity index (χ1v) is 10.1. The number of rotatable bonds is 7. The van der Waals surface area contributed by atoms with Crippen molar-refractivity contribution in [3.05, 3.63) is 76.7 Å². The first-order chi connectivity index (χ1) is 12.1. The summed E-state index contributed by atoms with van der Waals surface area (Å²) < 4.78 is 33.4. The fourth-order valence-corrected chi connectivity index (χ4v) is 4.33. The van der Waals surface area contributed by atoms with E-state index in [1.165, 1.54) is 12.1 Å². The van der Waals surface area contributed by atoms with E-state index in [4.69, 9.17) is 4.74 Å². The van der Waals surface area contributed by atoms with Crippen LogP contribution in [0.4, 0.5) is 0 Å². The zero-order valence-corrected chi connectivity index (χ0v) is 15.3. The second kappa shape index (κ2) is 7.77. The number of nitrogens with one attached hydrogen (secondary N) is 1. The van der Waals surface area contributed by atoms with Gasteiger partial charge in [-0.05, 0) is 65.2 Å². The molecule has 3 aromatic rings. The summed E-state index contributed by atoms with van der Waals surface area (Å²) in [5.41, 5.74) is 1.75. The molecule has 5 nitrogen and oxygen atoms in total. The molecule has 0 fully saturated rings. The lowest BCUT2D eigenvalue weighted by atomic mass is 10.1. The topological polar surface area (TPSA) is 68.3 Å². The smallest absolute Gasteiger partial charge is 0.241 e. The Morgan fingerprint density at radius 1 is 1.16 bits per heavy atom. The molecule has 2 heterocycles. The Balaban J connectivity index is 1.87. The van der Waals surface area contributed by atoms with Crippen LogP contribution < -0.4 is 9.46 Å². The average Bonchev–Trinajstić information content (AvgIpc) is 3.15. The van der Waals surface area contributed by atoms with Crippen LogP contribution in [0.2, 0.25) is 0 Å². The summed E-state index contributed by atoms with van der Waals surface area (Å²) in [6.07, 6.45) is 2.20. The van der Waals surface area contributed by atoms with Crippen LogP contribution in [-0.2, 0) is 16.4 Å². The van der Waals surface area contributed by atoms with Crippen LogP contribution in [0.3, 0.4) is 0 Å². The molecule has 0 aliphatic heterocycles. The van der Waals surface area contributed by atoms with E-state index in [9.17, 15) is 8.42 Å². The van der Waals surface area contributed by atoms with E-state index >= 15 is 0 Å². The van der Waals surface area contributed by atoms with Crippen molar-refractivity contribution in [2.75, 3.05) is 7.11 Å². The molecule has 3 rings (SSSR count). The molecule has 0 bridgehead atoms. The number of nitrogens with zero attached hydrogens (tertiary/aromatic N) is 1. The van der Waals surface area contributed by atoms with E-state index < -0.39 is 16.1 Å². The molecule has 2 aromatic heterocycles. The van der Waals surface area contributed by atoms with Crippen molar-refractivity contribution < 1.29 is 13.2 Å². The Morgan fingerprint density at radius 2 is 1.96 bits per heavy atom. The van der Waals surface area contributed by atoms with Gasteiger partial charge < -0.3 is 4.74 Å². The molecule has 1 N–H and O–H groups in total. The lowest BCUT2D eigenvalue weighted by molar-refractivity contribution is 0.414. The summed E-state index contributed by atoms with van der Waals surface area (Å²) in [5.74, 6) is 0.610. The molecule has 0 amide bonds. The number of thiophene rings is 1. The third-order valence-corrected chi connectivity index (χ3v) is 5.95. The first-order valence-electron chi connectivity index (χ1n) is 7.67. The van der Waals surface area contributed by atoms with Gasteiger partial charge in [0.05, 0.1) is 23.7 Å². The van der Waals surface area contributed by atoms with E-state index in [1.807, 2.05) is 35.0 Å². The lowest BCUT2D eigenvalue weighted by Crippen LogP contribution is -2.30. The van der Waals surface area contributed by atoms with Crippen LogP contribution in [0.5, 0.6) is 5.75 Å². The molecule has 1 unspecified atom stereocenters. The quantitative estimate of drug-likeness (QED) is 0.688. The van der Waals surface area contributed by atoms with Gasteiger partial charge in [0.2, 0.25) is 10.0 Å². The van der Waals surface area contributed by atoms with E-state index in [0.717, 1.165) is 5.56 Å². The number of hydrogen-bond acceptors (Lipinski definition) is 5. The maximum Gasteiger partial charge on any atom is 0.241 e. The van der Waals surface area contributed by atoms with E-state index in [-0.39, 0.29) is 4.90 Å². The van der Waals surface area contributed by atoms with Gasteiger partial charge in [0.1, 0.15) is 5.75 Å². The predicted molar refractivity (Wildman–Crippen MR) is 98.3 cm³/mol. The summed E-state index contributed by atoms with van der Waals surface area (Å²) in [6, 6.07) is 13.3. The maximum absolute atomic E-state index is 12.8. The highest BCUT2D eigenvalue weighted by Crippen LogP contribution is 2.22. The van der Waals surface area contributed by atoms with Crippen molar-refractivity contribution in [3.8, 4) is 5.75 Å². The minimum absolute atomic E-state index is 0.194. The molecule has 130 valence electrons. The summed E-state index contributed by atoms with van der Waals surface area (Å²) >= 11 is 1.58. The molecule has 1 aromatic carbocycles. The fraction of sp³-hybridized carbons (Fsp3) is 0.167. The summed E-state index contributed by atoms with van der Waals surface area (Å²) in [5, 5.41) is 3.99. The van der Waals surface area contributed by atoms with Crippen LogP contribution in [0.1, 0.15) is 17.3 Å². The highest BCUT2D eigenvalue weighted by Gasteiger charge is 2.23. The van der Waals surface area contributed by atoms with Gasteiger partial charge in [-0.25, -0.2) is 13.1 Å². The number of sulfonamides is 1. The Labute approximate surface area is 151 Å². The molecule has 0 saturated heterocycles. The number of hydrogen-bond donors (Lipinski definition) is 1. The Morgan fingerprint density at radius 3 is 2.56 bits per heavy atom. The largest absolute Gasteiger partial charge is 0.497 e. The summed E-state index contributed by atoms with van der Waals surface area (Å²) in [7, 11) is -2.14. The summed E-state index contributed by atoms with van der Waals surface area (Å²) in [4.78, 5) is 4.52. The van der Waals surface area contributed by atoms with Crippen molar-refractivity contribution in [1.82, 2.24) is 9.71 Å². The second-order valence-electron chi connectivity index (χ2n) is 5.44. The van der Waals surface area contributed by atoms with Gasteiger partial charge in [-0.15, -0.1) is 0 Å². The van der Waals surface area contributed by atoms with E-state index in [1.54, 1.807) is 36.8 Å². The minimum atomic E-state index is -3.68. The SMILES string of the molecule is COc1ccc(S(=O)(=O)NC(Cc2ccsc2)c2ccccn2)cc1. The lowest BCUT2D eigenvalue weighted by Gasteiger charge is -2.18. The van der Waals surface area contributed by atoms with Crippen LogP contribution in [0.25, 0.3) is 0 Å². The highest BCUT2D eigenvalue weighted by molar-refractivity contribution is 7.89. The number of ether oxygens (including phenoxy) is 1. The molecule has 25 heavy (non-hydrogen) atoms. The van der Waals surface area contributed by atoms with Gasteiger partial charge in [0.15, 0.2) is 0 Å². The number of pyridine rings is 1. The van der Waals surface area contributed by atoms with Crippen molar-refractivity contribution >= 4 is 21.4 Å². The zero-order valence-electron chi connectivity index (χ0n) is 13.6. The van der Waals surface area contributed by atoms with Gasteiger partial charge in [-0.3, -0.25) is 4.98 Å². The normalized spacial score (nSPS) is 12.7. The predicted octanol–water partition coefficient (Wildman–Crippen LogP) is 3.41. The molecule has 0 aliphatic rings. The first kappa shape index (κ1) is 17.6. The van der Waals surface area contributed by atoms with Crippen LogP contribution in [0, 0.1) is 0 Å². The maximum atomic E-state index is 12.8. The fourth-order valence-electron chi connectivity index (χ4n) is 2.44. The summed E-state index contributed by atoms with van der Waals surface area (Å²) in [6.45, 7) is 0. The van der Waals surface area contributed by atoms with Crippen LogP contribution in [0.15, 0.2) is 70.4 Å². The highest BCUT2D eigenvalue weighted by atomic mass is 32.2. The molecular weight excluding hydrogens is 356 g/mol. The van der Waals surface area contributed by atoms with Crippen LogP contribution >= 0.6 is 11.3 Å². The molecular formula is C18H18N2O3S2. The van der Waals surface area contributed by atoms with Crippen molar-refractivity contribution in [2.45, 2.75) is 17.4 Å². The van der Waals surface area contributed by atoms with E-state index in [0.29, 0.717) is 17.9 Å². The van der Waals surface area contributed by atoms with Gasteiger partial charge in [-0.2, -0.15) is 11.3 Å². The van der Waals surface area contributed by atoms with Gasteiger partial charge in [-0.1, -0.05) is 6.07 Å². The second-order valence-corrected chi connectivity index (χ2v) is 7.93. The third-order valence-electron chi connectivity index (χ3n) is 3.73. The number of methoxy groups -OCH3 is 1. The van der Waals surface area contributed by atoms with Gasteiger partial charge in [0, 0.05) is 6.20 Å². The monoisotopic (exact) mass is 374 g/mol. The van der Waals surface area contributed by atoms with Crippen molar-refractivity contribution in [3.63, 3.8) is 0 Å². The minimum Gasteiger partial charge on any atom is -0.497 e. The Bertz CT molecular complexity index is 893. The standard InChI is InChI=1S/C18H18N2O3S2/c1-23-15-5-7-16(8-6-15)25(21,22)20-18(12-14-9-11-24-13-14)17-4-2-3-10-19-17/h2-11,13,18,20H,12H2,1H3. The average molecular weight is 374 g/mol. The molecule has 0 radical (unpaired) electrons. The van der Waals surface area contributed by atoms with Gasteiger partial charge in [0.25, 0.3) is 0 Å². The molecule has 0 spiro atoms. The van der Waals surface area contributed by atoms with Crippen LogP contribution in [-0.4, -0.2) is 20.5 Å². The van der Waals surface area contributed by atoms with E-state index in [2.05, 4.69) is 9.71 Å². The van der Waals surface area contributed by atoms with Gasteiger partial charge >= 0.3 is 0 Å². The molecule has 1 atom stereocenters. The molecule has 0 saturated carbocycles. The third kappa shape index (κ3) is 4.45. The molecule has 0 aliphatic carbocycles.